The second-order valence-electron chi connectivity index (χ2n) is 13.7. The number of likely N-dealkylation sites (tertiary alicyclic amines) is 1. The van der Waals surface area contributed by atoms with Crippen LogP contribution in [0.1, 0.15) is 47.6 Å². The van der Waals surface area contributed by atoms with Gasteiger partial charge in [0.25, 0.3) is 0 Å². The van der Waals surface area contributed by atoms with E-state index < -0.39 is 10.8 Å². The van der Waals surface area contributed by atoms with Gasteiger partial charge in [0.15, 0.2) is 0 Å². The number of rotatable bonds is 9. The molecule has 2 bridgehead atoms. The molecule has 3 amide bonds. The third-order valence-electron chi connectivity index (χ3n) is 10.7. The van der Waals surface area contributed by atoms with Crippen LogP contribution in [-0.4, -0.2) is 84.3 Å². The monoisotopic (exact) mass is 643 g/mol. The zero-order valence-corrected chi connectivity index (χ0v) is 28.2. The van der Waals surface area contributed by atoms with Crippen LogP contribution in [0, 0.1) is 5.41 Å². The Bertz CT molecular complexity index is 1740. The summed E-state index contributed by atoms with van der Waals surface area (Å²) < 4.78 is 0. The first-order valence-corrected chi connectivity index (χ1v) is 16.6. The first-order chi connectivity index (χ1) is 23.1. The Hall–Kier alpha value is -4.95. The quantitative estimate of drug-likeness (QED) is 0.187. The Morgan fingerprint density at radius 1 is 0.958 bits per heavy atom. The molecule has 8 nitrogen and oxygen atoms in total. The number of carbonyl (C=O) groups is 2. The highest BCUT2D eigenvalue weighted by atomic mass is 16.3. The van der Waals surface area contributed by atoms with Crippen molar-refractivity contribution in [3.8, 4) is 5.75 Å². The molecule has 1 aliphatic carbocycles. The lowest BCUT2D eigenvalue weighted by atomic mass is 9.61. The van der Waals surface area contributed by atoms with Gasteiger partial charge in [-0.15, -0.1) is 0 Å². The summed E-state index contributed by atoms with van der Waals surface area (Å²) in [7, 11) is 5.51. The zero-order chi connectivity index (χ0) is 34.1. The fraction of sp³-hybridized carbons (Fsp3) is 0.325. The fourth-order valence-electron chi connectivity index (χ4n) is 8.26. The molecule has 0 saturated carbocycles. The van der Waals surface area contributed by atoms with E-state index in [1.54, 1.807) is 23.1 Å². The number of amides is 3. The Kier molecular flexibility index (Phi) is 9.12. The molecular weight excluding hydrogens is 598 g/mol. The maximum atomic E-state index is 14.4. The van der Waals surface area contributed by atoms with Gasteiger partial charge in [0.1, 0.15) is 11.2 Å². The van der Waals surface area contributed by atoms with Gasteiger partial charge < -0.3 is 25.6 Å². The number of hydrogen-bond acceptors (Lipinski definition) is 5. The lowest BCUT2D eigenvalue weighted by Gasteiger charge is -2.58. The molecule has 4 aromatic rings. The van der Waals surface area contributed by atoms with Crippen LogP contribution in [0.3, 0.4) is 0 Å². The van der Waals surface area contributed by atoms with Crippen LogP contribution < -0.4 is 5.32 Å². The van der Waals surface area contributed by atoms with Gasteiger partial charge in [-0.2, -0.15) is 0 Å². The standard InChI is InChI=1S/C40H45N5O3/c1-39-21-23-45(24-22-40(37(47)43(2)3,30-11-7-5-8-12-30)31-13-9-6-10-14-31)35(25-29-17-20-33(46)26-34(29)39)36(39)44(4)38(48)42-32-18-15-28(27-41)16-19-32/h5-20,26-27,35-36,41,46H,21-25H2,1-4H3,(H,42,48). The fourth-order valence-corrected chi connectivity index (χ4v) is 8.26. The molecule has 8 heteroatoms. The lowest BCUT2D eigenvalue weighted by Crippen LogP contribution is -2.68. The Labute approximate surface area is 283 Å². The summed E-state index contributed by atoms with van der Waals surface area (Å²) in [5.41, 5.74) is 4.31. The van der Waals surface area contributed by atoms with E-state index in [1.807, 2.05) is 86.7 Å². The van der Waals surface area contributed by atoms with Crippen molar-refractivity contribution in [1.82, 2.24) is 14.7 Å². The molecule has 2 aliphatic rings. The second-order valence-corrected chi connectivity index (χ2v) is 13.7. The van der Waals surface area contributed by atoms with E-state index in [4.69, 9.17) is 5.41 Å². The summed E-state index contributed by atoms with van der Waals surface area (Å²) in [6.07, 6.45) is 3.34. The number of likely N-dealkylation sites (N-methyl/N-ethyl adjacent to an activating group) is 2. The van der Waals surface area contributed by atoms with E-state index in [0.717, 1.165) is 35.2 Å². The molecule has 1 aliphatic heterocycles. The van der Waals surface area contributed by atoms with Gasteiger partial charge in [-0.05, 0) is 77.9 Å². The minimum absolute atomic E-state index is 0.0180. The van der Waals surface area contributed by atoms with Gasteiger partial charge in [-0.1, -0.05) is 85.8 Å². The molecule has 3 N–H and O–H groups in total. The molecule has 0 radical (unpaired) electrons. The molecule has 3 atom stereocenters. The van der Waals surface area contributed by atoms with Crippen LogP contribution in [0.4, 0.5) is 10.5 Å². The van der Waals surface area contributed by atoms with Crippen molar-refractivity contribution in [2.75, 3.05) is 39.5 Å². The number of anilines is 1. The second kappa shape index (κ2) is 13.3. The minimum Gasteiger partial charge on any atom is -0.508 e. The van der Waals surface area contributed by atoms with Crippen molar-refractivity contribution in [2.45, 2.75) is 49.1 Å². The first-order valence-electron chi connectivity index (χ1n) is 16.6. The molecule has 6 rings (SSSR count). The summed E-state index contributed by atoms with van der Waals surface area (Å²) in [5, 5.41) is 21.1. The SMILES string of the molecule is CN(C)C(=O)C(CCN1CCC2(C)c3cc(O)ccc3CC1C2N(C)C(=O)Nc1ccc(C=N)cc1)(c1ccccc1)c1ccccc1. The van der Waals surface area contributed by atoms with Gasteiger partial charge in [0.05, 0.1) is 6.04 Å². The smallest absolute Gasteiger partial charge is 0.321 e. The van der Waals surface area contributed by atoms with Crippen LogP contribution in [0.15, 0.2) is 103 Å². The minimum atomic E-state index is -0.896. The highest BCUT2D eigenvalue weighted by Crippen LogP contribution is 2.48. The summed E-state index contributed by atoms with van der Waals surface area (Å²) in [6, 6.07) is 32.6. The number of benzene rings is 4. The van der Waals surface area contributed by atoms with E-state index in [0.29, 0.717) is 25.1 Å². The van der Waals surface area contributed by atoms with E-state index in [9.17, 15) is 14.7 Å². The lowest BCUT2D eigenvalue weighted by molar-refractivity contribution is -0.134. The van der Waals surface area contributed by atoms with E-state index in [1.165, 1.54) is 11.8 Å². The summed E-state index contributed by atoms with van der Waals surface area (Å²) >= 11 is 0. The predicted octanol–water partition coefficient (Wildman–Crippen LogP) is 6.28. The molecule has 3 unspecified atom stereocenters. The molecule has 0 spiro atoms. The number of nitrogens with one attached hydrogen (secondary N) is 2. The summed E-state index contributed by atoms with van der Waals surface area (Å²) in [4.78, 5) is 34.3. The van der Waals surface area contributed by atoms with Crippen molar-refractivity contribution in [3.63, 3.8) is 0 Å². The van der Waals surface area contributed by atoms with Gasteiger partial charge >= 0.3 is 6.03 Å². The zero-order valence-electron chi connectivity index (χ0n) is 28.2. The van der Waals surface area contributed by atoms with Gasteiger partial charge in [0.2, 0.25) is 5.91 Å². The van der Waals surface area contributed by atoms with Crippen LogP contribution in [0.5, 0.6) is 5.75 Å². The van der Waals surface area contributed by atoms with Gasteiger partial charge in [0, 0.05) is 51.0 Å². The van der Waals surface area contributed by atoms with Crippen molar-refractivity contribution in [1.29, 1.82) is 5.41 Å². The molecule has 1 heterocycles. The predicted molar refractivity (Wildman–Crippen MR) is 191 cm³/mol. The molecular formula is C40H45N5O3. The van der Waals surface area contributed by atoms with Crippen molar-refractivity contribution >= 4 is 23.8 Å². The Morgan fingerprint density at radius 2 is 1.58 bits per heavy atom. The van der Waals surface area contributed by atoms with E-state index in [-0.39, 0.29) is 29.8 Å². The topological polar surface area (TPSA) is 100.0 Å². The third kappa shape index (κ3) is 5.85. The number of hydrogen-bond donors (Lipinski definition) is 3. The first kappa shape index (κ1) is 33.0. The van der Waals surface area contributed by atoms with Crippen molar-refractivity contribution in [3.05, 3.63) is 131 Å². The molecule has 248 valence electrons. The highest BCUT2D eigenvalue weighted by Gasteiger charge is 2.54. The number of phenolic OH excluding ortho intramolecular Hbond substituents is 1. The Morgan fingerprint density at radius 3 is 2.17 bits per heavy atom. The number of phenols is 1. The number of urea groups is 1. The third-order valence-corrected chi connectivity index (χ3v) is 10.7. The van der Waals surface area contributed by atoms with Crippen molar-refractivity contribution in [2.24, 2.45) is 0 Å². The molecule has 1 fully saturated rings. The number of carbonyl (C=O) groups excluding carboxylic acids is 2. The van der Waals surface area contributed by atoms with Crippen molar-refractivity contribution < 1.29 is 14.7 Å². The summed E-state index contributed by atoms with van der Waals surface area (Å²) in [6.45, 7) is 3.66. The van der Waals surface area contributed by atoms with E-state index in [2.05, 4.69) is 41.4 Å². The number of nitrogens with zero attached hydrogens (tertiary/aromatic N) is 3. The number of aromatic hydroxyl groups is 1. The average molecular weight is 644 g/mol. The molecule has 1 saturated heterocycles. The average Bonchev–Trinajstić information content (AvgIpc) is 3.10. The maximum absolute atomic E-state index is 14.4. The number of fused-ring (bicyclic) bond motifs is 4. The van der Waals surface area contributed by atoms with Crippen LogP contribution in [0.25, 0.3) is 0 Å². The van der Waals surface area contributed by atoms with Crippen LogP contribution in [0.2, 0.25) is 0 Å². The molecule has 48 heavy (non-hydrogen) atoms. The molecule has 0 aromatic heterocycles. The normalized spacial score (nSPS) is 20.3. The Balaban J connectivity index is 1.37. The van der Waals surface area contributed by atoms with Gasteiger partial charge in [-0.3, -0.25) is 9.69 Å². The van der Waals surface area contributed by atoms with Crippen LogP contribution in [-0.2, 0) is 22.0 Å². The number of piperidine rings is 1. The largest absolute Gasteiger partial charge is 0.508 e. The highest BCUT2D eigenvalue weighted by molar-refractivity contribution is 5.92. The van der Waals surface area contributed by atoms with Gasteiger partial charge in [-0.25, -0.2) is 4.79 Å². The summed E-state index contributed by atoms with van der Waals surface area (Å²) in [5.74, 6) is 0.263. The molecule has 4 aromatic carbocycles. The van der Waals surface area contributed by atoms with Crippen LogP contribution >= 0.6 is 0 Å². The van der Waals surface area contributed by atoms with E-state index >= 15 is 0 Å². The maximum Gasteiger partial charge on any atom is 0.321 e.